The SMILES string of the molecule is CCc1ccc(S(=O)(=O)Nc2ccc(N3CCC(OC)C3)cc2)cc1. The van der Waals surface area contributed by atoms with Gasteiger partial charge >= 0.3 is 0 Å². The summed E-state index contributed by atoms with van der Waals surface area (Å²) in [6.07, 6.45) is 2.16. The Balaban J connectivity index is 1.70. The van der Waals surface area contributed by atoms with Gasteiger partial charge in [-0.1, -0.05) is 19.1 Å². The monoisotopic (exact) mass is 360 g/mol. The van der Waals surface area contributed by atoms with E-state index >= 15 is 0 Å². The fourth-order valence-corrected chi connectivity index (χ4v) is 4.07. The lowest BCUT2D eigenvalue weighted by Crippen LogP contribution is -2.22. The number of ether oxygens (including phenoxy) is 1. The maximum Gasteiger partial charge on any atom is 0.261 e. The summed E-state index contributed by atoms with van der Waals surface area (Å²) in [5.74, 6) is 0. The second-order valence-electron chi connectivity index (χ2n) is 6.24. The van der Waals surface area contributed by atoms with E-state index < -0.39 is 10.0 Å². The van der Waals surface area contributed by atoms with Gasteiger partial charge in [0.15, 0.2) is 0 Å². The normalized spacial score (nSPS) is 17.7. The highest BCUT2D eigenvalue weighted by Gasteiger charge is 2.22. The summed E-state index contributed by atoms with van der Waals surface area (Å²) < 4.78 is 33.0. The number of anilines is 2. The molecule has 1 aliphatic heterocycles. The summed E-state index contributed by atoms with van der Waals surface area (Å²) in [6, 6.07) is 14.5. The number of hydrogen-bond donors (Lipinski definition) is 1. The molecule has 0 amide bonds. The molecular formula is C19H24N2O3S. The van der Waals surface area contributed by atoms with Gasteiger partial charge in [0.25, 0.3) is 10.0 Å². The van der Waals surface area contributed by atoms with E-state index in [0.717, 1.165) is 37.2 Å². The maximum atomic E-state index is 12.5. The lowest BCUT2D eigenvalue weighted by atomic mass is 10.2. The molecule has 0 bridgehead atoms. The van der Waals surface area contributed by atoms with Gasteiger partial charge < -0.3 is 9.64 Å². The van der Waals surface area contributed by atoms with Crippen molar-refractivity contribution in [2.24, 2.45) is 0 Å². The summed E-state index contributed by atoms with van der Waals surface area (Å²) in [5, 5.41) is 0. The molecule has 0 aromatic heterocycles. The molecule has 1 saturated heterocycles. The predicted octanol–water partition coefficient (Wildman–Crippen LogP) is 3.27. The molecule has 1 fully saturated rings. The highest BCUT2D eigenvalue weighted by Crippen LogP contribution is 2.24. The highest BCUT2D eigenvalue weighted by atomic mass is 32.2. The molecule has 0 radical (unpaired) electrons. The first-order valence-electron chi connectivity index (χ1n) is 8.51. The Morgan fingerprint density at radius 3 is 2.36 bits per heavy atom. The van der Waals surface area contributed by atoms with E-state index in [2.05, 4.69) is 9.62 Å². The zero-order valence-corrected chi connectivity index (χ0v) is 15.4. The first-order valence-corrected chi connectivity index (χ1v) is 9.99. The molecule has 3 rings (SSSR count). The van der Waals surface area contributed by atoms with Gasteiger partial charge in [-0.2, -0.15) is 0 Å². The molecule has 1 aliphatic rings. The molecule has 2 aromatic rings. The Morgan fingerprint density at radius 1 is 1.12 bits per heavy atom. The van der Waals surface area contributed by atoms with E-state index in [1.807, 2.05) is 31.2 Å². The van der Waals surface area contributed by atoms with Crippen LogP contribution in [0.15, 0.2) is 53.4 Å². The summed E-state index contributed by atoms with van der Waals surface area (Å²) in [6.45, 7) is 3.86. The molecule has 6 heteroatoms. The largest absolute Gasteiger partial charge is 0.380 e. The number of rotatable bonds is 6. The van der Waals surface area contributed by atoms with E-state index in [-0.39, 0.29) is 11.0 Å². The fraction of sp³-hybridized carbons (Fsp3) is 0.368. The molecule has 134 valence electrons. The number of hydrogen-bond acceptors (Lipinski definition) is 4. The van der Waals surface area contributed by atoms with Gasteiger partial charge in [-0.25, -0.2) is 8.42 Å². The highest BCUT2D eigenvalue weighted by molar-refractivity contribution is 7.92. The van der Waals surface area contributed by atoms with E-state index in [4.69, 9.17) is 4.74 Å². The summed E-state index contributed by atoms with van der Waals surface area (Å²) >= 11 is 0. The molecular weight excluding hydrogens is 336 g/mol. The van der Waals surface area contributed by atoms with Gasteiger partial charge in [0.05, 0.1) is 11.0 Å². The van der Waals surface area contributed by atoms with Crippen LogP contribution in [0.5, 0.6) is 0 Å². The van der Waals surface area contributed by atoms with Crippen LogP contribution in [0, 0.1) is 0 Å². The van der Waals surface area contributed by atoms with E-state index in [9.17, 15) is 8.42 Å². The molecule has 0 aliphatic carbocycles. The zero-order valence-electron chi connectivity index (χ0n) is 14.6. The maximum absolute atomic E-state index is 12.5. The number of nitrogens with one attached hydrogen (secondary N) is 1. The van der Waals surface area contributed by atoms with Crippen molar-refractivity contribution in [2.75, 3.05) is 29.8 Å². The molecule has 5 nitrogen and oxygen atoms in total. The van der Waals surface area contributed by atoms with Crippen molar-refractivity contribution in [1.29, 1.82) is 0 Å². The number of aryl methyl sites for hydroxylation is 1. The van der Waals surface area contributed by atoms with Crippen LogP contribution in [-0.2, 0) is 21.2 Å². The molecule has 2 aromatic carbocycles. The molecule has 25 heavy (non-hydrogen) atoms. The van der Waals surface area contributed by atoms with E-state index in [0.29, 0.717) is 5.69 Å². The standard InChI is InChI=1S/C19H24N2O3S/c1-3-15-4-10-19(11-5-15)25(22,23)20-16-6-8-17(9-7-16)21-13-12-18(14-21)24-2/h4-11,18,20H,3,12-14H2,1-2H3. The van der Waals surface area contributed by atoms with Crippen LogP contribution in [0.4, 0.5) is 11.4 Å². The van der Waals surface area contributed by atoms with Crippen LogP contribution in [0.3, 0.4) is 0 Å². The van der Waals surface area contributed by atoms with Crippen LogP contribution in [0.1, 0.15) is 18.9 Å². The lowest BCUT2D eigenvalue weighted by molar-refractivity contribution is 0.121. The number of benzene rings is 2. The second kappa shape index (κ2) is 7.45. The van der Waals surface area contributed by atoms with Crippen molar-refractivity contribution in [1.82, 2.24) is 0 Å². The van der Waals surface area contributed by atoms with Crippen LogP contribution < -0.4 is 9.62 Å². The van der Waals surface area contributed by atoms with Gasteiger partial charge in [0.1, 0.15) is 0 Å². The second-order valence-corrected chi connectivity index (χ2v) is 7.92. The minimum atomic E-state index is -3.57. The quantitative estimate of drug-likeness (QED) is 0.859. The average Bonchev–Trinajstić information content (AvgIpc) is 3.11. The minimum absolute atomic E-state index is 0.268. The summed E-state index contributed by atoms with van der Waals surface area (Å²) in [5.41, 5.74) is 2.75. The van der Waals surface area contributed by atoms with E-state index in [1.165, 1.54) is 0 Å². The van der Waals surface area contributed by atoms with Crippen molar-refractivity contribution in [3.63, 3.8) is 0 Å². The Hall–Kier alpha value is -2.05. The third kappa shape index (κ3) is 4.14. The van der Waals surface area contributed by atoms with Crippen LogP contribution >= 0.6 is 0 Å². The third-order valence-corrected chi connectivity index (χ3v) is 6.00. The molecule has 1 atom stereocenters. The molecule has 1 unspecified atom stereocenters. The number of sulfonamides is 1. The Kier molecular flexibility index (Phi) is 5.30. The van der Waals surface area contributed by atoms with Crippen molar-refractivity contribution in [3.05, 3.63) is 54.1 Å². The van der Waals surface area contributed by atoms with Gasteiger partial charge in [-0.3, -0.25) is 4.72 Å². The average molecular weight is 360 g/mol. The lowest BCUT2D eigenvalue weighted by Gasteiger charge is -2.19. The number of nitrogens with zero attached hydrogens (tertiary/aromatic N) is 1. The smallest absolute Gasteiger partial charge is 0.261 e. The molecule has 1 heterocycles. The Labute approximate surface area is 149 Å². The van der Waals surface area contributed by atoms with Crippen molar-refractivity contribution in [3.8, 4) is 0 Å². The van der Waals surface area contributed by atoms with Crippen LogP contribution in [0.2, 0.25) is 0 Å². The van der Waals surface area contributed by atoms with Crippen LogP contribution in [-0.4, -0.2) is 34.7 Å². The predicted molar refractivity (Wildman–Crippen MR) is 101 cm³/mol. The first-order chi connectivity index (χ1) is 12.0. The summed E-state index contributed by atoms with van der Waals surface area (Å²) in [7, 11) is -1.83. The minimum Gasteiger partial charge on any atom is -0.380 e. The molecule has 0 spiro atoms. The Morgan fingerprint density at radius 2 is 1.80 bits per heavy atom. The van der Waals surface area contributed by atoms with Gasteiger partial charge in [-0.15, -0.1) is 0 Å². The van der Waals surface area contributed by atoms with Crippen LogP contribution in [0.25, 0.3) is 0 Å². The fourth-order valence-electron chi connectivity index (χ4n) is 3.01. The van der Waals surface area contributed by atoms with Crippen molar-refractivity contribution < 1.29 is 13.2 Å². The van der Waals surface area contributed by atoms with Gasteiger partial charge in [0.2, 0.25) is 0 Å². The van der Waals surface area contributed by atoms with Crippen molar-refractivity contribution in [2.45, 2.75) is 30.8 Å². The summed E-state index contributed by atoms with van der Waals surface area (Å²) in [4.78, 5) is 2.52. The Bertz CT molecular complexity index is 802. The van der Waals surface area contributed by atoms with Gasteiger partial charge in [-0.05, 0) is 54.8 Å². The molecule has 1 N–H and O–H groups in total. The molecule has 0 saturated carbocycles. The van der Waals surface area contributed by atoms with Gasteiger partial charge in [0, 0.05) is 31.6 Å². The third-order valence-electron chi connectivity index (χ3n) is 4.60. The first kappa shape index (κ1) is 17.8. The van der Waals surface area contributed by atoms with E-state index in [1.54, 1.807) is 31.4 Å². The zero-order chi connectivity index (χ0) is 17.9. The van der Waals surface area contributed by atoms with Crippen molar-refractivity contribution >= 4 is 21.4 Å². The topological polar surface area (TPSA) is 58.6 Å². The number of methoxy groups -OCH3 is 1.